The van der Waals surface area contributed by atoms with Gasteiger partial charge < -0.3 is 9.52 Å². The highest BCUT2D eigenvalue weighted by Crippen LogP contribution is 2.39. The van der Waals surface area contributed by atoms with Gasteiger partial charge in [-0.25, -0.2) is 4.79 Å². The summed E-state index contributed by atoms with van der Waals surface area (Å²) in [6, 6.07) is 13.2. The van der Waals surface area contributed by atoms with Gasteiger partial charge in [0.25, 0.3) is 0 Å². The number of ketones is 2. The molecule has 5 nitrogen and oxygen atoms in total. The molecule has 124 valence electrons. The van der Waals surface area contributed by atoms with E-state index in [1.807, 2.05) is 0 Å². The number of benzene rings is 2. The summed E-state index contributed by atoms with van der Waals surface area (Å²) in [5.41, 5.74) is -1.24. The SMILES string of the molecule is Cc1ccc2c(c1)C(=O)C(CO)(c1cc3ccccc3oc1=O)C2=O. The Balaban J connectivity index is 2.03. The molecule has 0 radical (unpaired) electrons. The molecule has 25 heavy (non-hydrogen) atoms. The summed E-state index contributed by atoms with van der Waals surface area (Å²) in [5.74, 6) is -1.14. The van der Waals surface area contributed by atoms with Gasteiger partial charge in [-0.3, -0.25) is 9.59 Å². The molecule has 0 aliphatic heterocycles. The molecular weight excluding hydrogens is 320 g/mol. The molecule has 2 aromatic carbocycles. The Kier molecular flexibility index (Phi) is 3.23. The van der Waals surface area contributed by atoms with Crippen molar-refractivity contribution in [1.82, 2.24) is 0 Å². The predicted octanol–water partition coefficient (Wildman–Crippen LogP) is 2.41. The van der Waals surface area contributed by atoms with E-state index in [1.54, 1.807) is 49.4 Å². The Morgan fingerprint density at radius 3 is 2.44 bits per heavy atom. The number of hydrogen-bond acceptors (Lipinski definition) is 5. The van der Waals surface area contributed by atoms with Crippen molar-refractivity contribution in [1.29, 1.82) is 0 Å². The number of fused-ring (bicyclic) bond motifs is 2. The molecule has 1 N–H and O–H groups in total. The first-order valence-corrected chi connectivity index (χ1v) is 7.83. The Morgan fingerprint density at radius 1 is 0.960 bits per heavy atom. The lowest BCUT2D eigenvalue weighted by Crippen LogP contribution is -2.45. The summed E-state index contributed by atoms with van der Waals surface area (Å²) < 4.78 is 5.28. The minimum atomic E-state index is -1.94. The Hall–Kier alpha value is -3.05. The minimum Gasteiger partial charge on any atom is -0.422 e. The molecular formula is C20H14O5. The summed E-state index contributed by atoms with van der Waals surface area (Å²) in [6.07, 6.45) is 0. The molecule has 0 saturated heterocycles. The fourth-order valence-corrected chi connectivity index (χ4v) is 3.44. The number of para-hydroxylation sites is 1. The smallest absolute Gasteiger partial charge is 0.341 e. The average molecular weight is 334 g/mol. The fraction of sp³-hybridized carbons (Fsp3) is 0.150. The van der Waals surface area contributed by atoms with Crippen LogP contribution >= 0.6 is 0 Å². The zero-order chi connectivity index (χ0) is 17.8. The third-order valence-corrected chi connectivity index (χ3v) is 4.78. The molecule has 0 amide bonds. The summed E-state index contributed by atoms with van der Waals surface area (Å²) in [7, 11) is 0. The monoisotopic (exact) mass is 334 g/mol. The first kappa shape index (κ1) is 15.5. The van der Waals surface area contributed by atoms with Crippen molar-refractivity contribution in [3.63, 3.8) is 0 Å². The molecule has 1 aromatic heterocycles. The molecule has 0 bridgehead atoms. The summed E-state index contributed by atoms with van der Waals surface area (Å²) in [6.45, 7) is 1.02. The molecule has 0 fully saturated rings. The zero-order valence-corrected chi connectivity index (χ0v) is 13.4. The van der Waals surface area contributed by atoms with Crippen LogP contribution in [-0.2, 0) is 5.41 Å². The van der Waals surface area contributed by atoms with Crippen LogP contribution in [0.25, 0.3) is 11.0 Å². The van der Waals surface area contributed by atoms with E-state index in [-0.39, 0.29) is 16.7 Å². The van der Waals surface area contributed by atoms with Gasteiger partial charge in [-0.15, -0.1) is 0 Å². The Labute approximate surface area is 142 Å². The van der Waals surface area contributed by atoms with Crippen molar-refractivity contribution in [3.8, 4) is 0 Å². The van der Waals surface area contributed by atoms with Crippen molar-refractivity contribution in [2.45, 2.75) is 12.3 Å². The molecule has 1 atom stereocenters. The second kappa shape index (κ2) is 5.22. The van der Waals surface area contributed by atoms with Gasteiger partial charge >= 0.3 is 5.63 Å². The number of aliphatic hydroxyl groups is 1. The van der Waals surface area contributed by atoms with Crippen molar-refractivity contribution in [2.75, 3.05) is 6.61 Å². The van der Waals surface area contributed by atoms with E-state index >= 15 is 0 Å². The fourth-order valence-electron chi connectivity index (χ4n) is 3.44. The van der Waals surface area contributed by atoms with Gasteiger partial charge in [-0.05, 0) is 25.1 Å². The number of aryl methyl sites for hydroxylation is 1. The van der Waals surface area contributed by atoms with Crippen molar-refractivity contribution in [2.24, 2.45) is 0 Å². The van der Waals surface area contributed by atoms with E-state index in [0.717, 1.165) is 5.56 Å². The van der Waals surface area contributed by atoms with E-state index in [1.165, 1.54) is 6.07 Å². The van der Waals surface area contributed by atoms with E-state index in [0.29, 0.717) is 11.0 Å². The first-order chi connectivity index (χ1) is 12.0. The van der Waals surface area contributed by atoms with Gasteiger partial charge in [0.1, 0.15) is 5.58 Å². The molecule has 1 unspecified atom stereocenters. The van der Waals surface area contributed by atoms with Crippen molar-refractivity contribution >= 4 is 22.5 Å². The maximum Gasteiger partial charge on any atom is 0.341 e. The van der Waals surface area contributed by atoms with Crippen LogP contribution in [0.2, 0.25) is 0 Å². The molecule has 1 heterocycles. The lowest BCUT2D eigenvalue weighted by Gasteiger charge is -2.22. The lowest BCUT2D eigenvalue weighted by atomic mass is 9.77. The normalized spacial score (nSPS) is 19.4. The molecule has 3 aromatic rings. The standard InChI is InChI=1S/C20H14O5/c1-11-6-7-13-14(8-11)18(23)20(10-21,17(13)22)15-9-12-4-2-3-5-16(12)25-19(15)24/h2-9,21H,10H2,1H3. The summed E-state index contributed by atoms with van der Waals surface area (Å²) in [5, 5.41) is 10.6. The largest absolute Gasteiger partial charge is 0.422 e. The van der Waals surface area contributed by atoms with Crippen LogP contribution in [-0.4, -0.2) is 23.3 Å². The molecule has 1 aliphatic carbocycles. The number of carbonyl (C=O) groups is 2. The van der Waals surface area contributed by atoms with Gasteiger partial charge in [0.15, 0.2) is 17.0 Å². The molecule has 5 heteroatoms. The van der Waals surface area contributed by atoms with Crippen LogP contribution in [0.1, 0.15) is 31.8 Å². The number of carbonyl (C=O) groups excluding carboxylic acids is 2. The highest BCUT2D eigenvalue weighted by atomic mass is 16.4. The molecule has 1 aliphatic rings. The molecule has 0 saturated carbocycles. The quantitative estimate of drug-likeness (QED) is 0.575. The second-order valence-corrected chi connectivity index (χ2v) is 6.26. The number of aliphatic hydroxyl groups excluding tert-OH is 1. The second-order valence-electron chi connectivity index (χ2n) is 6.26. The van der Waals surface area contributed by atoms with Crippen molar-refractivity contribution < 1.29 is 19.1 Å². The van der Waals surface area contributed by atoms with E-state index in [4.69, 9.17) is 4.42 Å². The predicted molar refractivity (Wildman–Crippen MR) is 91.1 cm³/mol. The topological polar surface area (TPSA) is 84.6 Å². The highest BCUT2D eigenvalue weighted by Gasteiger charge is 2.55. The van der Waals surface area contributed by atoms with Gasteiger partial charge in [-0.1, -0.05) is 35.9 Å². The maximum atomic E-state index is 13.0. The van der Waals surface area contributed by atoms with Crippen LogP contribution in [0, 0.1) is 6.92 Å². The van der Waals surface area contributed by atoms with Gasteiger partial charge in [-0.2, -0.15) is 0 Å². The third-order valence-electron chi connectivity index (χ3n) is 4.78. The lowest BCUT2D eigenvalue weighted by molar-refractivity contribution is 0.0706. The average Bonchev–Trinajstić information content (AvgIpc) is 2.82. The molecule has 0 spiro atoms. The first-order valence-electron chi connectivity index (χ1n) is 7.83. The van der Waals surface area contributed by atoms with Crippen LogP contribution < -0.4 is 5.63 Å². The number of hydrogen-bond donors (Lipinski definition) is 1. The minimum absolute atomic E-state index is 0.127. The number of Topliss-reactive ketones (excluding diaryl/α,β-unsaturated/α-hetero) is 2. The van der Waals surface area contributed by atoms with Crippen LogP contribution in [0.5, 0.6) is 0 Å². The molecule has 4 rings (SSSR count). The zero-order valence-electron chi connectivity index (χ0n) is 13.4. The van der Waals surface area contributed by atoms with Gasteiger partial charge in [0.05, 0.1) is 12.2 Å². The van der Waals surface area contributed by atoms with Crippen molar-refractivity contribution in [3.05, 3.63) is 81.2 Å². The van der Waals surface area contributed by atoms with Crippen LogP contribution in [0.4, 0.5) is 0 Å². The Bertz CT molecular complexity index is 1110. The summed E-state index contributed by atoms with van der Waals surface area (Å²) >= 11 is 0. The highest BCUT2D eigenvalue weighted by molar-refractivity contribution is 6.33. The Morgan fingerprint density at radius 2 is 1.68 bits per heavy atom. The van der Waals surface area contributed by atoms with Crippen LogP contribution in [0.15, 0.2) is 57.7 Å². The number of rotatable bonds is 2. The van der Waals surface area contributed by atoms with Crippen LogP contribution in [0.3, 0.4) is 0 Å². The van der Waals surface area contributed by atoms with Gasteiger partial charge in [0.2, 0.25) is 0 Å². The third kappa shape index (κ3) is 1.96. The van der Waals surface area contributed by atoms with Gasteiger partial charge in [0, 0.05) is 16.5 Å². The summed E-state index contributed by atoms with van der Waals surface area (Å²) in [4.78, 5) is 38.5. The van der Waals surface area contributed by atoms with E-state index in [9.17, 15) is 19.5 Å². The maximum absolute atomic E-state index is 13.0. The van der Waals surface area contributed by atoms with E-state index < -0.39 is 29.2 Å². The van der Waals surface area contributed by atoms with E-state index in [2.05, 4.69) is 0 Å².